The number of benzene rings is 2. The Balaban J connectivity index is 2.25. The first-order valence-corrected chi connectivity index (χ1v) is 10.8. The van der Waals surface area contributed by atoms with Gasteiger partial charge in [0.25, 0.3) is 0 Å². The molecule has 0 bridgehead atoms. The highest BCUT2D eigenvalue weighted by Gasteiger charge is 2.57. The summed E-state index contributed by atoms with van der Waals surface area (Å²) in [5.74, 6) is -1.02. The molecule has 0 spiro atoms. The van der Waals surface area contributed by atoms with Crippen LogP contribution in [0.2, 0.25) is 0 Å². The number of alkyl halides is 4. The molecule has 1 aliphatic carbocycles. The van der Waals surface area contributed by atoms with Crippen LogP contribution in [0.15, 0.2) is 36.4 Å². The second kappa shape index (κ2) is 8.97. The van der Waals surface area contributed by atoms with Gasteiger partial charge in [0.2, 0.25) is 0 Å². The predicted molar refractivity (Wildman–Crippen MR) is 107 cm³/mol. The highest BCUT2D eigenvalue weighted by Crippen LogP contribution is 2.42. The number of fused-ring (bicyclic) bond motifs is 1. The fourth-order valence-corrected chi connectivity index (χ4v) is 4.10. The molecule has 11 heteroatoms. The first kappa shape index (κ1) is 23.8. The molecule has 0 saturated heterocycles. The molecule has 32 heavy (non-hydrogen) atoms. The molecule has 0 radical (unpaired) electrons. The molecule has 0 unspecified atom stereocenters. The quantitative estimate of drug-likeness (QED) is 0.402. The third-order valence-corrected chi connectivity index (χ3v) is 6.22. The van der Waals surface area contributed by atoms with Crippen LogP contribution in [0.1, 0.15) is 29.5 Å². The van der Waals surface area contributed by atoms with Crippen LogP contribution >= 0.6 is 0 Å². The number of allylic oxidation sites excluding steroid dienone is 1. The summed E-state index contributed by atoms with van der Waals surface area (Å²) in [6.45, 7) is 0. The van der Waals surface area contributed by atoms with Crippen LogP contribution in [0.25, 0.3) is 11.3 Å². The van der Waals surface area contributed by atoms with Crippen molar-refractivity contribution in [2.75, 3.05) is 14.2 Å². The van der Waals surface area contributed by atoms with Gasteiger partial charge >= 0.3 is 21.8 Å². The Morgan fingerprint density at radius 3 is 2.31 bits per heavy atom. The molecule has 0 saturated carbocycles. The van der Waals surface area contributed by atoms with Gasteiger partial charge in [0.15, 0.2) is 17.3 Å². The van der Waals surface area contributed by atoms with E-state index in [0.717, 1.165) is 6.07 Å². The van der Waals surface area contributed by atoms with Gasteiger partial charge in [-0.2, -0.15) is 17.2 Å². The maximum atomic E-state index is 14.3. The van der Waals surface area contributed by atoms with Crippen LogP contribution in [0.5, 0.6) is 11.5 Å². The molecule has 0 atom stereocenters. The third-order valence-electron chi connectivity index (χ3n) is 4.98. The van der Waals surface area contributed by atoms with Crippen LogP contribution in [-0.2, 0) is 20.7 Å². The van der Waals surface area contributed by atoms with Crippen LogP contribution in [-0.4, -0.2) is 34.3 Å². The molecule has 0 amide bonds. The Morgan fingerprint density at radius 2 is 1.72 bits per heavy atom. The van der Waals surface area contributed by atoms with Crippen molar-refractivity contribution in [1.29, 1.82) is 0 Å². The van der Waals surface area contributed by atoms with E-state index in [0.29, 0.717) is 24.2 Å². The molecular weight excluding hydrogens is 459 g/mol. The monoisotopic (exact) mass is 478 g/mol. The molecule has 1 aliphatic rings. The van der Waals surface area contributed by atoms with Crippen molar-refractivity contribution < 1.29 is 44.0 Å². The van der Waals surface area contributed by atoms with Gasteiger partial charge in [-0.15, -0.1) is 0 Å². The average molecular weight is 478 g/mol. The van der Waals surface area contributed by atoms with Gasteiger partial charge in [-0.1, -0.05) is 6.07 Å². The average Bonchev–Trinajstić information content (AvgIpc) is 2.92. The minimum absolute atomic E-state index is 0.0733. The third kappa shape index (κ3) is 4.38. The normalized spacial score (nSPS) is 14.8. The minimum atomic E-state index is -6.09. The summed E-state index contributed by atoms with van der Waals surface area (Å²) in [6.07, 6.45) is -3.60. The fourth-order valence-electron chi connectivity index (χ4n) is 3.36. The van der Waals surface area contributed by atoms with E-state index in [1.807, 2.05) is 0 Å². The number of aryl methyl sites for hydroxylation is 1. The number of ether oxygens (including phenoxy) is 2. The van der Waals surface area contributed by atoms with Crippen molar-refractivity contribution in [2.24, 2.45) is 0 Å². The van der Waals surface area contributed by atoms with E-state index in [1.54, 1.807) is 6.07 Å². The van der Waals surface area contributed by atoms with Crippen molar-refractivity contribution in [3.05, 3.63) is 58.9 Å². The molecule has 0 aromatic heterocycles. The van der Waals surface area contributed by atoms with Crippen LogP contribution < -0.4 is 9.47 Å². The zero-order chi connectivity index (χ0) is 23.7. The van der Waals surface area contributed by atoms with E-state index in [4.69, 9.17) is 9.47 Å². The Morgan fingerprint density at radius 1 is 1.00 bits per heavy atom. The van der Waals surface area contributed by atoms with Crippen molar-refractivity contribution in [3.8, 4) is 11.5 Å². The summed E-state index contributed by atoms with van der Waals surface area (Å²) < 4.78 is 106. The lowest BCUT2D eigenvalue weighted by Gasteiger charge is -2.21. The van der Waals surface area contributed by atoms with Crippen LogP contribution in [0.4, 0.5) is 22.0 Å². The fraction of sp³-hybridized carbons (Fsp3) is 0.333. The van der Waals surface area contributed by atoms with Gasteiger partial charge in [0.1, 0.15) is 5.75 Å². The first-order valence-electron chi connectivity index (χ1n) is 9.36. The molecule has 0 N–H and O–H groups in total. The molecule has 0 aliphatic heterocycles. The smallest absolute Gasteiger partial charge is 0.439 e. The van der Waals surface area contributed by atoms with E-state index in [1.165, 1.54) is 38.5 Å². The van der Waals surface area contributed by atoms with Gasteiger partial charge in [0.05, 0.1) is 14.2 Å². The zero-order valence-corrected chi connectivity index (χ0v) is 17.8. The van der Waals surface area contributed by atoms with Gasteiger partial charge in [-0.3, -0.25) is 0 Å². The maximum absolute atomic E-state index is 14.3. The topological polar surface area (TPSA) is 61.8 Å². The van der Waals surface area contributed by atoms with Crippen LogP contribution in [0.3, 0.4) is 0 Å². The summed E-state index contributed by atoms with van der Waals surface area (Å²) in [5.41, 5.74) is 0.809. The Hall–Kier alpha value is -2.82. The second-order valence-corrected chi connectivity index (χ2v) is 8.55. The van der Waals surface area contributed by atoms with Crippen molar-refractivity contribution >= 4 is 21.5 Å². The number of halogens is 5. The molecule has 2 aromatic rings. The summed E-state index contributed by atoms with van der Waals surface area (Å²) in [5, 5.41) is -5.45. The Kier molecular flexibility index (Phi) is 6.68. The van der Waals surface area contributed by atoms with Crippen LogP contribution in [0, 0.1) is 5.82 Å². The number of hydrogen-bond donors (Lipinski definition) is 0. The molecular formula is C21H19F5O5S. The molecule has 0 fully saturated rings. The SMILES string of the molecule is COc1ccc2c(c1)CCCC(c1ccc(OC)c(F)c1)=C2OS(=O)(=O)C(F)(F)C(F)F. The summed E-state index contributed by atoms with van der Waals surface area (Å²) in [7, 11) is -3.43. The van der Waals surface area contributed by atoms with Crippen molar-refractivity contribution in [1.82, 2.24) is 0 Å². The molecule has 0 heterocycles. The highest BCUT2D eigenvalue weighted by molar-refractivity contribution is 7.88. The van der Waals surface area contributed by atoms with Gasteiger partial charge in [-0.05, 0) is 60.7 Å². The summed E-state index contributed by atoms with van der Waals surface area (Å²) >= 11 is 0. The summed E-state index contributed by atoms with van der Waals surface area (Å²) in [4.78, 5) is 0. The number of methoxy groups -OCH3 is 2. The lowest BCUT2D eigenvalue weighted by Crippen LogP contribution is -2.37. The molecule has 2 aromatic carbocycles. The van der Waals surface area contributed by atoms with Crippen molar-refractivity contribution in [3.63, 3.8) is 0 Å². The Labute approximate surface area is 181 Å². The van der Waals surface area contributed by atoms with E-state index >= 15 is 0 Å². The predicted octanol–water partition coefficient (Wildman–Crippen LogP) is 5.25. The number of rotatable bonds is 7. The maximum Gasteiger partial charge on any atom is 0.439 e. The lowest BCUT2D eigenvalue weighted by atomic mass is 9.98. The Bertz CT molecular complexity index is 1150. The standard InChI is InChI=1S/C21H19F5O5S/c1-29-14-7-8-16-12(10-14)4-3-5-15(13-6-9-18(30-2)17(22)11-13)19(16)31-32(27,28)21(25,26)20(23)24/h6-11,20H,3-5H2,1-2H3. The zero-order valence-electron chi connectivity index (χ0n) is 17.0. The van der Waals surface area contributed by atoms with E-state index in [-0.39, 0.29) is 28.9 Å². The van der Waals surface area contributed by atoms with Gasteiger partial charge in [0, 0.05) is 11.1 Å². The molecule has 3 rings (SSSR count). The van der Waals surface area contributed by atoms with Gasteiger partial charge < -0.3 is 13.7 Å². The molecule has 5 nitrogen and oxygen atoms in total. The minimum Gasteiger partial charge on any atom is -0.497 e. The van der Waals surface area contributed by atoms with E-state index in [9.17, 15) is 30.4 Å². The number of hydrogen-bond acceptors (Lipinski definition) is 5. The van der Waals surface area contributed by atoms with Gasteiger partial charge in [-0.25, -0.2) is 13.2 Å². The largest absolute Gasteiger partial charge is 0.497 e. The van der Waals surface area contributed by atoms with E-state index < -0.39 is 33.4 Å². The summed E-state index contributed by atoms with van der Waals surface area (Å²) in [6, 6.07) is 8.09. The molecule has 174 valence electrons. The lowest BCUT2D eigenvalue weighted by molar-refractivity contribution is -0.0686. The first-order chi connectivity index (χ1) is 15.0. The second-order valence-electron chi connectivity index (χ2n) is 6.93. The van der Waals surface area contributed by atoms with E-state index in [2.05, 4.69) is 4.18 Å². The van der Waals surface area contributed by atoms with Crippen molar-refractivity contribution in [2.45, 2.75) is 30.9 Å². The highest BCUT2D eigenvalue weighted by atomic mass is 32.2.